The fourth-order valence-electron chi connectivity index (χ4n) is 4.73. The van der Waals surface area contributed by atoms with Gasteiger partial charge in [0.25, 0.3) is 12.3 Å². The third-order valence-corrected chi connectivity index (χ3v) is 10.2. The van der Waals surface area contributed by atoms with Gasteiger partial charge in [-0.1, -0.05) is 12.2 Å². The van der Waals surface area contributed by atoms with Crippen molar-refractivity contribution in [3.63, 3.8) is 0 Å². The van der Waals surface area contributed by atoms with E-state index in [0.717, 1.165) is 11.3 Å². The van der Waals surface area contributed by atoms with E-state index in [4.69, 9.17) is 12.2 Å². The van der Waals surface area contributed by atoms with E-state index < -0.39 is 58.5 Å². The maximum absolute atomic E-state index is 13.5. The Kier molecular flexibility index (Phi) is 7.05. The zero-order valence-electron chi connectivity index (χ0n) is 19.9. The number of halogens is 5. The number of aromatic nitrogens is 2. The van der Waals surface area contributed by atoms with Crippen LogP contribution < -0.4 is 15.4 Å². The molecular weight excluding hydrogens is 573 g/mol. The maximum Gasteiger partial charge on any atom is 0.282 e. The van der Waals surface area contributed by atoms with Crippen molar-refractivity contribution < 1.29 is 35.2 Å². The van der Waals surface area contributed by atoms with E-state index in [9.17, 15) is 35.2 Å². The SMILES string of the molecule is Cn1nc(C(F)F)cc1C(=S)N[C@H]1CCc2sc(NC(=O)C3CC3(F)F)c(S(=O)(=O)N[C@H]3C[C@@H](F)C3)c2C1. The van der Waals surface area contributed by atoms with Gasteiger partial charge in [0.1, 0.15) is 32.7 Å². The Balaban J connectivity index is 1.40. The molecule has 3 N–H and O–H groups in total. The minimum Gasteiger partial charge on any atom is -0.371 e. The minimum absolute atomic E-state index is 0.0192. The molecule has 0 spiro atoms. The summed E-state index contributed by atoms with van der Waals surface area (Å²) in [6.07, 6.45) is -3.36. The van der Waals surface area contributed by atoms with Gasteiger partial charge in [-0.05, 0) is 43.7 Å². The number of hydrogen-bond acceptors (Lipinski definition) is 6. The monoisotopic (exact) mass is 597 g/mol. The molecule has 0 saturated heterocycles. The first kappa shape index (κ1) is 27.4. The van der Waals surface area contributed by atoms with Gasteiger partial charge >= 0.3 is 0 Å². The molecule has 8 nitrogen and oxygen atoms in total. The molecule has 1 unspecified atom stereocenters. The maximum atomic E-state index is 13.5. The highest BCUT2D eigenvalue weighted by molar-refractivity contribution is 7.90. The number of amides is 1. The Bertz CT molecular complexity index is 1390. The summed E-state index contributed by atoms with van der Waals surface area (Å²) in [5, 5.41) is 9.17. The summed E-state index contributed by atoms with van der Waals surface area (Å²) in [4.78, 5) is 13.0. The second-order valence-corrected chi connectivity index (χ2v) is 13.0. The average Bonchev–Trinajstić information content (AvgIpc) is 3.11. The van der Waals surface area contributed by atoms with Crippen LogP contribution in [0.5, 0.6) is 0 Å². The summed E-state index contributed by atoms with van der Waals surface area (Å²) in [6.45, 7) is 0. The smallest absolute Gasteiger partial charge is 0.282 e. The van der Waals surface area contributed by atoms with E-state index in [1.165, 1.54) is 17.8 Å². The number of nitrogens with one attached hydrogen (secondary N) is 3. The third kappa shape index (κ3) is 5.31. The van der Waals surface area contributed by atoms with Crippen molar-refractivity contribution in [3.8, 4) is 0 Å². The molecule has 2 fully saturated rings. The molecule has 2 saturated carbocycles. The standard InChI is InChI=1S/C22H24F5N5O3S3/c1-32-15(7-14(30-32)18(24)25)20(36)28-10-2-3-16-12(6-10)17(38(34,35)31-11-4-9(23)5-11)21(37-16)29-19(33)13-8-22(13,26)27/h7,9-11,13,18,31H,2-6,8H2,1H3,(H,28,36)(H,29,33)/t9-,10-,11+,13?/m0/s1. The van der Waals surface area contributed by atoms with Crippen molar-refractivity contribution in [2.24, 2.45) is 13.0 Å². The van der Waals surface area contributed by atoms with Crippen molar-refractivity contribution in [2.75, 3.05) is 5.32 Å². The van der Waals surface area contributed by atoms with Gasteiger partial charge in [-0.15, -0.1) is 11.3 Å². The van der Waals surface area contributed by atoms with E-state index in [1.54, 1.807) is 0 Å². The van der Waals surface area contributed by atoms with Gasteiger partial charge in [-0.25, -0.2) is 35.1 Å². The van der Waals surface area contributed by atoms with Gasteiger partial charge < -0.3 is 10.6 Å². The largest absolute Gasteiger partial charge is 0.371 e. The number of thiophene rings is 1. The number of rotatable bonds is 8. The first-order chi connectivity index (χ1) is 17.7. The molecule has 3 aliphatic rings. The second-order valence-electron chi connectivity index (χ2n) is 9.85. The molecule has 0 bridgehead atoms. The van der Waals surface area contributed by atoms with Crippen LogP contribution in [-0.4, -0.2) is 53.3 Å². The Morgan fingerprint density at radius 1 is 1.29 bits per heavy atom. The lowest BCUT2D eigenvalue weighted by Crippen LogP contribution is -2.45. The number of aryl methyl sites for hydroxylation is 2. The highest BCUT2D eigenvalue weighted by Crippen LogP contribution is 2.50. The Morgan fingerprint density at radius 2 is 1.97 bits per heavy atom. The molecular formula is C22H24F5N5O3S3. The summed E-state index contributed by atoms with van der Waals surface area (Å²) < 4.78 is 96.8. The number of anilines is 1. The predicted octanol–water partition coefficient (Wildman–Crippen LogP) is 3.61. The number of carbonyl (C=O) groups is 1. The van der Waals surface area contributed by atoms with Crippen LogP contribution in [0.15, 0.2) is 11.0 Å². The third-order valence-electron chi connectivity index (χ3n) is 6.95. The van der Waals surface area contributed by atoms with Gasteiger partial charge in [0.2, 0.25) is 15.9 Å². The topological polar surface area (TPSA) is 105 Å². The molecule has 5 rings (SSSR count). The Morgan fingerprint density at radius 3 is 2.55 bits per heavy atom. The van der Waals surface area contributed by atoms with Gasteiger partial charge in [0.05, 0.1) is 5.69 Å². The van der Waals surface area contributed by atoms with Crippen LogP contribution in [0.25, 0.3) is 0 Å². The molecule has 1 amide bonds. The normalized spacial score (nSPS) is 26.0. The molecule has 0 aromatic carbocycles. The fraction of sp³-hybridized carbons (Fsp3) is 0.591. The number of nitrogens with zero attached hydrogens (tertiary/aromatic N) is 2. The average molecular weight is 598 g/mol. The first-order valence-electron chi connectivity index (χ1n) is 11.9. The lowest BCUT2D eigenvalue weighted by atomic mass is 9.92. The molecule has 2 heterocycles. The van der Waals surface area contributed by atoms with Crippen LogP contribution in [0.4, 0.5) is 27.0 Å². The molecule has 2 aromatic rings. The molecule has 16 heteroatoms. The van der Waals surface area contributed by atoms with E-state index in [2.05, 4.69) is 20.5 Å². The highest BCUT2D eigenvalue weighted by Gasteiger charge is 2.61. The summed E-state index contributed by atoms with van der Waals surface area (Å²) in [6, 6.07) is 0.191. The van der Waals surface area contributed by atoms with Gasteiger partial charge in [-0.2, -0.15) is 5.10 Å². The van der Waals surface area contributed by atoms with Gasteiger partial charge in [0.15, 0.2) is 0 Å². The molecule has 2 atom stereocenters. The van der Waals surface area contributed by atoms with E-state index in [1.807, 2.05) is 0 Å². The van der Waals surface area contributed by atoms with Crippen molar-refractivity contribution in [1.82, 2.24) is 19.8 Å². The molecule has 208 valence electrons. The lowest BCUT2D eigenvalue weighted by Gasteiger charge is -2.30. The number of alkyl halides is 5. The lowest BCUT2D eigenvalue weighted by molar-refractivity contribution is -0.119. The zero-order valence-corrected chi connectivity index (χ0v) is 22.4. The van der Waals surface area contributed by atoms with Crippen LogP contribution in [0, 0.1) is 5.92 Å². The number of fused-ring (bicyclic) bond motifs is 1. The summed E-state index contributed by atoms with van der Waals surface area (Å²) in [7, 11) is -2.76. The van der Waals surface area contributed by atoms with Crippen LogP contribution in [0.2, 0.25) is 0 Å². The number of hydrogen-bond donors (Lipinski definition) is 3. The zero-order chi connectivity index (χ0) is 27.6. The molecule has 2 aromatic heterocycles. The van der Waals surface area contributed by atoms with E-state index in [0.29, 0.717) is 23.3 Å². The number of carbonyl (C=O) groups excluding carboxylic acids is 1. The van der Waals surface area contributed by atoms with Gasteiger partial charge in [0, 0.05) is 30.4 Å². The molecule has 38 heavy (non-hydrogen) atoms. The molecule has 0 aliphatic heterocycles. The summed E-state index contributed by atoms with van der Waals surface area (Å²) in [5.41, 5.74) is 0.245. The van der Waals surface area contributed by atoms with Crippen molar-refractivity contribution in [2.45, 2.75) is 74.0 Å². The number of sulfonamides is 1. The quantitative estimate of drug-likeness (QED) is 0.317. The summed E-state index contributed by atoms with van der Waals surface area (Å²) >= 11 is 6.41. The van der Waals surface area contributed by atoms with Crippen molar-refractivity contribution >= 4 is 49.5 Å². The van der Waals surface area contributed by atoms with Crippen LogP contribution in [0.1, 0.15) is 53.9 Å². The Hall–Kier alpha value is -2.17. The molecule has 3 aliphatic carbocycles. The minimum atomic E-state index is -4.24. The van der Waals surface area contributed by atoms with Crippen LogP contribution in [-0.2, 0) is 34.7 Å². The van der Waals surface area contributed by atoms with Crippen molar-refractivity contribution in [3.05, 3.63) is 27.9 Å². The Labute approximate surface area is 224 Å². The first-order valence-corrected chi connectivity index (χ1v) is 14.6. The van der Waals surface area contributed by atoms with Crippen molar-refractivity contribution in [1.29, 1.82) is 0 Å². The van der Waals surface area contributed by atoms with E-state index >= 15 is 0 Å². The highest BCUT2D eigenvalue weighted by atomic mass is 32.2. The van der Waals surface area contributed by atoms with E-state index in [-0.39, 0.29) is 45.9 Å². The number of thiocarbonyl (C=S) groups is 1. The van der Waals surface area contributed by atoms with Crippen LogP contribution >= 0.6 is 23.6 Å². The molecule has 0 radical (unpaired) electrons. The second kappa shape index (κ2) is 9.78. The fourth-order valence-corrected chi connectivity index (χ4v) is 8.33. The predicted molar refractivity (Wildman–Crippen MR) is 133 cm³/mol. The summed E-state index contributed by atoms with van der Waals surface area (Å²) in [5.74, 6) is -5.60. The van der Waals surface area contributed by atoms with Crippen LogP contribution in [0.3, 0.4) is 0 Å². The van der Waals surface area contributed by atoms with Gasteiger partial charge in [-0.3, -0.25) is 9.48 Å².